The molecule has 1 N–H and O–H groups in total. The molecule has 3 aromatic rings. The highest BCUT2D eigenvalue weighted by Gasteiger charge is 2.40. The number of hydrogen-bond acceptors (Lipinski definition) is 6. The molecule has 0 saturated carbocycles. The lowest BCUT2D eigenvalue weighted by molar-refractivity contribution is -0.137. The third-order valence-electron chi connectivity index (χ3n) is 6.33. The van der Waals surface area contributed by atoms with Crippen LogP contribution in [-0.2, 0) is 26.4 Å². The fraction of sp³-hybridized carbons (Fsp3) is 0.346. The second kappa shape index (κ2) is 10.8. The molecule has 2 heterocycles. The van der Waals surface area contributed by atoms with Gasteiger partial charge in [-0.1, -0.05) is 25.1 Å². The number of fused-ring (bicyclic) bond motifs is 1. The van der Waals surface area contributed by atoms with Crippen LogP contribution in [0.1, 0.15) is 36.5 Å². The maximum atomic E-state index is 13.5. The summed E-state index contributed by atoms with van der Waals surface area (Å²) in [5, 5.41) is 0. The normalized spacial score (nSPS) is 17.4. The Kier molecular flexibility index (Phi) is 7.84. The first-order valence-corrected chi connectivity index (χ1v) is 13.2. The molecule has 204 valence electrons. The van der Waals surface area contributed by atoms with Crippen molar-refractivity contribution < 1.29 is 40.2 Å². The van der Waals surface area contributed by atoms with Gasteiger partial charge in [-0.15, -0.1) is 0 Å². The number of rotatable bonds is 9. The molecule has 2 aromatic carbocycles. The second-order valence-electron chi connectivity index (χ2n) is 8.94. The zero-order chi connectivity index (χ0) is 27.6. The van der Waals surface area contributed by atoms with Crippen molar-refractivity contribution in [3.63, 3.8) is 0 Å². The molecule has 0 spiro atoms. The number of alkyl halides is 3. The van der Waals surface area contributed by atoms with Gasteiger partial charge in [-0.25, -0.2) is 13.4 Å². The van der Waals surface area contributed by atoms with Crippen LogP contribution in [0.4, 0.5) is 23.4 Å². The van der Waals surface area contributed by atoms with Gasteiger partial charge in [0.05, 0.1) is 23.7 Å². The van der Waals surface area contributed by atoms with Crippen molar-refractivity contribution in [1.29, 1.82) is 0 Å². The number of nitrogens with one attached hydrogen (secondary N) is 1. The molecule has 0 radical (unpaired) electrons. The first kappa shape index (κ1) is 27.6. The summed E-state index contributed by atoms with van der Waals surface area (Å²) in [4.78, 5) is 3.37. The third kappa shape index (κ3) is 5.86. The van der Waals surface area contributed by atoms with Crippen molar-refractivity contribution in [3.05, 3.63) is 77.2 Å². The van der Waals surface area contributed by atoms with E-state index in [1.807, 2.05) is 6.92 Å². The maximum absolute atomic E-state index is 13.5. The molecular formula is C26H26F4N2O5S. The van der Waals surface area contributed by atoms with Crippen LogP contribution in [-0.4, -0.2) is 40.3 Å². The van der Waals surface area contributed by atoms with Crippen molar-refractivity contribution in [2.75, 3.05) is 31.7 Å². The van der Waals surface area contributed by atoms with E-state index in [1.54, 1.807) is 6.07 Å². The van der Waals surface area contributed by atoms with Crippen molar-refractivity contribution in [3.8, 4) is 11.5 Å². The van der Waals surface area contributed by atoms with Gasteiger partial charge in [-0.05, 0) is 36.8 Å². The Balaban J connectivity index is 1.71. The number of benzene rings is 2. The standard InChI is InChI=1S/C26H26F4N2O5S/c1-25(19-9-7-17(26(28,29)30)15-21(19)36-13-4-12-35-2)11-14-37-22-16-18(8-10-20(22)25)38(33,34)32-24-6-3-5-23(27)31-24/h3,5-10,15-16H,4,11-14H2,1-2H3,(H,31,32)/t25-/m0/s1. The lowest BCUT2D eigenvalue weighted by Crippen LogP contribution is -2.32. The van der Waals surface area contributed by atoms with E-state index >= 15 is 0 Å². The minimum Gasteiger partial charge on any atom is -0.493 e. The Morgan fingerprint density at radius 3 is 2.55 bits per heavy atom. The molecular weight excluding hydrogens is 528 g/mol. The Bertz CT molecular complexity index is 1410. The van der Waals surface area contributed by atoms with Gasteiger partial charge in [0.1, 0.15) is 17.3 Å². The first-order chi connectivity index (χ1) is 17.9. The number of aromatic nitrogens is 1. The molecule has 0 saturated heterocycles. The smallest absolute Gasteiger partial charge is 0.416 e. The molecule has 4 rings (SSSR count). The summed E-state index contributed by atoms with van der Waals surface area (Å²) < 4.78 is 98.5. The molecule has 1 aliphatic rings. The summed E-state index contributed by atoms with van der Waals surface area (Å²) >= 11 is 0. The minimum absolute atomic E-state index is 0.0850. The quantitative estimate of drug-likeness (QED) is 0.212. The van der Waals surface area contributed by atoms with E-state index in [1.165, 1.54) is 37.4 Å². The molecule has 0 amide bonds. The average molecular weight is 555 g/mol. The van der Waals surface area contributed by atoms with Gasteiger partial charge in [-0.2, -0.15) is 17.6 Å². The number of anilines is 1. The number of hydrogen-bond donors (Lipinski definition) is 1. The topological polar surface area (TPSA) is 86.8 Å². The van der Waals surface area contributed by atoms with Crippen molar-refractivity contribution in [1.82, 2.24) is 4.98 Å². The molecule has 1 aliphatic heterocycles. The highest BCUT2D eigenvalue weighted by atomic mass is 32.2. The average Bonchev–Trinajstić information content (AvgIpc) is 2.85. The largest absolute Gasteiger partial charge is 0.493 e. The van der Waals surface area contributed by atoms with Crippen LogP contribution >= 0.6 is 0 Å². The van der Waals surface area contributed by atoms with E-state index in [9.17, 15) is 26.0 Å². The van der Waals surface area contributed by atoms with Gasteiger partial charge in [0.15, 0.2) is 0 Å². The van der Waals surface area contributed by atoms with Crippen LogP contribution in [0.5, 0.6) is 11.5 Å². The molecule has 0 unspecified atom stereocenters. The lowest BCUT2D eigenvalue weighted by atomic mass is 9.72. The van der Waals surface area contributed by atoms with E-state index in [2.05, 4.69) is 9.71 Å². The summed E-state index contributed by atoms with van der Waals surface area (Å²) in [7, 11) is -2.61. The summed E-state index contributed by atoms with van der Waals surface area (Å²) in [6.07, 6.45) is -3.65. The van der Waals surface area contributed by atoms with Crippen molar-refractivity contribution >= 4 is 15.8 Å². The molecule has 38 heavy (non-hydrogen) atoms. The lowest BCUT2D eigenvalue weighted by Gasteiger charge is -2.37. The van der Waals surface area contributed by atoms with Gasteiger partial charge < -0.3 is 14.2 Å². The van der Waals surface area contributed by atoms with Gasteiger partial charge in [0, 0.05) is 42.7 Å². The van der Waals surface area contributed by atoms with Gasteiger partial charge in [0.2, 0.25) is 5.95 Å². The number of ether oxygens (including phenoxy) is 3. The number of halogens is 4. The predicted molar refractivity (Wildman–Crippen MR) is 131 cm³/mol. The number of sulfonamides is 1. The molecule has 0 fully saturated rings. The summed E-state index contributed by atoms with van der Waals surface area (Å²) in [5.74, 6) is -0.680. The zero-order valence-electron chi connectivity index (χ0n) is 20.6. The summed E-state index contributed by atoms with van der Waals surface area (Å²) in [6, 6.07) is 11.4. The summed E-state index contributed by atoms with van der Waals surface area (Å²) in [6.45, 7) is 2.58. The van der Waals surface area contributed by atoms with E-state index in [0.29, 0.717) is 30.6 Å². The van der Waals surface area contributed by atoms with Gasteiger partial charge in [0.25, 0.3) is 10.0 Å². The molecule has 1 atom stereocenters. The van der Waals surface area contributed by atoms with Crippen LogP contribution in [0.15, 0.2) is 59.5 Å². The SMILES string of the molecule is COCCCOc1cc(C(F)(F)F)ccc1[C@]1(C)CCOc2cc(S(=O)(=O)Nc3cccc(F)n3)ccc21. The Morgan fingerprint density at radius 1 is 1.08 bits per heavy atom. The van der Waals surface area contributed by atoms with Crippen molar-refractivity contribution in [2.24, 2.45) is 0 Å². The molecule has 12 heteroatoms. The van der Waals surface area contributed by atoms with Crippen LogP contribution in [0.2, 0.25) is 0 Å². The van der Waals surface area contributed by atoms with E-state index in [0.717, 1.165) is 18.2 Å². The fourth-order valence-electron chi connectivity index (χ4n) is 4.35. The molecule has 0 bridgehead atoms. The maximum Gasteiger partial charge on any atom is 0.416 e. The fourth-order valence-corrected chi connectivity index (χ4v) is 5.36. The van der Waals surface area contributed by atoms with Gasteiger partial charge >= 0.3 is 6.18 Å². The highest BCUT2D eigenvalue weighted by molar-refractivity contribution is 7.92. The Morgan fingerprint density at radius 2 is 1.84 bits per heavy atom. The van der Waals surface area contributed by atoms with E-state index < -0.39 is 33.1 Å². The van der Waals surface area contributed by atoms with Crippen LogP contribution < -0.4 is 14.2 Å². The third-order valence-corrected chi connectivity index (χ3v) is 7.68. The Labute approximate surface area is 217 Å². The highest BCUT2D eigenvalue weighted by Crippen LogP contribution is 2.48. The number of methoxy groups -OCH3 is 1. The van der Waals surface area contributed by atoms with Crippen molar-refractivity contribution in [2.45, 2.75) is 36.3 Å². The van der Waals surface area contributed by atoms with E-state index in [4.69, 9.17) is 14.2 Å². The van der Waals surface area contributed by atoms with E-state index in [-0.39, 0.29) is 35.4 Å². The van der Waals surface area contributed by atoms with Crippen LogP contribution in [0.3, 0.4) is 0 Å². The second-order valence-corrected chi connectivity index (χ2v) is 10.6. The number of nitrogens with zero attached hydrogens (tertiary/aromatic N) is 1. The van der Waals surface area contributed by atoms with Crippen LogP contribution in [0, 0.1) is 5.95 Å². The predicted octanol–water partition coefficient (Wildman–Crippen LogP) is 5.54. The summed E-state index contributed by atoms with van der Waals surface area (Å²) in [5.41, 5.74) is -0.565. The minimum atomic E-state index is -4.55. The molecule has 7 nitrogen and oxygen atoms in total. The first-order valence-electron chi connectivity index (χ1n) is 11.7. The molecule has 1 aromatic heterocycles. The van der Waals surface area contributed by atoms with Gasteiger partial charge in [-0.3, -0.25) is 4.72 Å². The zero-order valence-corrected chi connectivity index (χ0v) is 21.5. The monoisotopic (exact) mass is 554 g/mol. The Hall–Kier alpha value is -3.38. The number of pyridine rings is 1. The van der Waals surface area contributed by atoms with Crippen LogP contribution in [0.25, 0.3) is 0 Å². The molecule has 0 aliphatic carbocycles.